The maximum absolute atomic E-state index is 13.0. The average Bonchev–Trinajstić information content (AvgIpc) is 3.35. The van der Waals surface area contributed by atoms with Gasteiger partial charge >= 0.3 is 6.09 Å². The van der Waals surface area contributed by atoms with E-state index < -0.39 is 23.3 Å². The van der Waals surface area contributed by atoms with E-state index in [0.717, 1.165) is 22.9 Å². The molecule has 1 aromatic rings. The number of nitriles is 1. The zero-order chi connectivity index (χ0) is 20.5. The fraction of sp³-hybridized carbons (Fsp3) is 0.571. The fourth-order valence-electron chi connectivity index (χ4n) is 3.70. The number of ether oxygens (including phenoxy) is 1. The summed E-state index contributed by atoms with van der Waals surface area (Å²) in [4.78, 5) is 27.1. The highest BCUT2D eigenvalue weighted by atomic mass is 79.9. The zero-order valence-corrected chi connectivity index (χ0v) is 18.1. The molecular formula is C21H26BrN3O3. The Morgan fingerprint density at radius 3 is 2.57 bits per heavy atom. The monoisotopic (exact) mass is 447 g/mol. The van der Waals surface area contributed by atoms with E-state index in [9.17, 15) is 14.9 Å². The number of nitrogens with one attached hydrogen (secondary N) is 1. The molecule has 1 aliphatic carbocycles. The molecule has 0 unspecified atom stereocenters. The van der Waals surface area contributed by atoms with Crippen molar-refractivity contribution < 1.29 is 14.3 Å². The van der Waals surface area contributed by atoms with Gasteiger partial charge in [0.25, 0.3) is 0 Å². The standard InChI is InChI=1S/C21H26BrN3O3/c1-20(2,3)28-19(27)25-11-5-4-6-17(25)18(26)24-21(13-23)12-16(21)14-7-9-15(22)10-8-14/h7-10,16-17H,4-6,11-12H2,1-3H3,(H,24,26)/t16-,17+,21+/m1/s1. The third kappa shape index (κ3) is 4.49. The molecule has 1 saturated heterocycles. The van der Waals surface area contributed by atoms with Gasteiger partial charge in [0.1, 0.15) is 17.2 Å². The molecule has 0 aromatic heterocycles. The normalized spacial score (nSPS) is 26.9. The molecule has 150 valence electrons. The third-order valence-corrected chi connectivity index (χ3v) is 5.74. The van der Waals surface area contributed by atoms with Gasteiger partial charge in [-0.2, -0.15) is 5.26 Å². The van der Waals surface area contributed by atoms with E-state index in [-0.39, 0.29) is 11.8 Å². The molecule has 1 aromatic carbocycles. The molecule has 3 atom stereocenters. The predicted molar refractivity (Wildman–Crippen MR) is 109 cm³/mol. The van der Waals surface area contributed by atoms with Crippen molar-refractivity contribution >= 4 is 27.9 Å². The molecule has 3 rings (SSSR count). The highest BCUT2D eigenvalue weighted by Gasteiger charge is 2.57. The van der Waals surface area contributed by atoms with Crippen molar-refractivity contribution in [3.05, 3.63) is 34.3 Å². The molecule has 6 nitrogen and oxygen atoms in total. The lowest BCUT2D eigenvalue weighted by molar-refractivity contribution is -0.128. The molecular weight excluding hydrogens is 422 g/mol. The van der Waals surface area contributed by atoms with E-state index in [0.29, 0.717) is 19.4 Å². The van der Waals surface area contributed by atoms with E-state index in [2.05, 4.69) is 27.3 Å². The number of halogens is 1. The number of hydrogen-bond donors (Lipinski definition) is 1. The van der Waals surface area contributed by atoms with Gasteiger partial charge in [0.15, 0.2) is 0 Å². The summed E-state index contributed by atoms with van der Waals surface area (Å²) in [5.41, 5.74) is -0.494. The number of carbonyl (C=O) groups excluding carboxylic acids is 2. The number of piperidine rings is 1. The molecule has 28 heavy (non-hydrogen) atoms. The first kappa shape index (κ1) is 20.7. The summed E-state index contributed by atoms with van der Waals surface area (Å²) in [7, 11) is 0. The smallest absolute Gasteiger partial charge is 0.410 e. The number of nitrogens with zero attached hydrogens (tertiary/aromatic N) is 2. The van der Waals surface area contributed by atoms with E-state index in [1.807, 2.05) is 45.0 Å². The van der Waals surface area contributed by atoms with Crippen LogP contribution in [0.25, 0.3) is 0 Å². The Bertz CT molecular complexity index is 797. The minimum Gasteiger partial charge on any atom is -0.444 e. The fourth-order valence-corrected chi connectivity index (χ4v) is 3.96. The topological polar surface area (TPSA) is 82.4 Å². The average molecular weight is 448 g/mol. The van der Waals surface area contributed by atoms with Crippen LogP contribution in [0.4, 0.5) is 4.79 Å². The molecule has 2 fully saturated rings. The Labute approximate surface area is 174 Å². The van der Waals surface area contributed by atoms with E-state index in [1.165, 1.54) is 4.90 Å². The van der Waals surface area contributed by atoms with Crippen LogP contribution in [0, 0.1) is 11.3 Å². The Morgan fingerprint density at radius 1 is 1.29 bits per heavy atom. The lowest BCUT2D eigenvalue weighted by Gasteiger charge is -2.36. The third-order valence-electron chi connectivity index (χ3n) is 5.21. The summed E-state index contributed by atoms with van der Waals surface area (Å²) < 4.78 is 6.44. The van der Waals surface area contributed by atoms with Crippen LogP contribution in [-0.2, 0) is 9.53 Å². The predicted octanol–water partition coefficient (Wildman–Crippen LogP) is 4.10. The van der Waals surface area contributed by atoms with Gasteiger partial charge in [-0.3, -0.25) is 9.69 Å². The molecule has 7 heteroatoms. The molecule has 1 N–H and O–H groups in total. The van der Waals surface area contributed by atoms with Gasteiger partial charge in [-0.05, 0) is 64.2 Å². The number of rotatable bonds is 3. The second-order valence-electron chi connectivity index (χ2n) is 8.57. The number of benzene rings is 1. The number of amides is 2. The first-order chi connectivity index (χ1) is 13.1. The van der Waals surface area contributed by atoms with Gasteiger partial charge in [0, 0.05) is 16.9 Å². The highest BCUT2D eigenvalue weighted by molar-refractivity contribution is 9.10. The molecule has 2 aliphatic rings. The maximum atomic E-state index is 13.0. The summed E-state index contributed by atoms with van der Waals surface area (Å²) in [6, 6.07) is 9.49. The molecule has 1 saturated carbocycles. The summed E-state index contributed by atoms with van der Waals surface area (Å²) in [5, 5.41) is 12.7. The van der Waals surface area contributed by atoms with Gasteiger partial charge in [-0.25, -0.2) is 4.79 Å². The van der Waals surface area contributed by atoms with E-state index in [4.69, 9.17) is 4.74 Å². The van der Waals surface area contributed by atoms with Crippen molar-refractivity contribution in [3.8, 4) is 6.07 Å². The van der Waals surface area contributed by atoms with Crippen LogP contribution in [0.5, 0.6) is 0 Å². The van der Waals surface area contributed by atoms with E-state index in [1.54, 1.807) is 0 Å². The number of likely N-dealkylation sites (tertiary alicyclic amines) is 1. The van der Waals surface area contributed by atoms with Crippen LogP contribution >= 0.6 is 15.9 Å². The van der Waals surface area contributed by atoms with Gasteiger partial charge in [-0.1, -0.05) is 28.1 Å². The zero-order valence-electron chi connectivity index (χ0n) is 16.5. The quantitative estimate of drug-likeness (QED) is 0.755. The maximum Gasteiger partial charge on any atom is 0.410 e. The minimum absolute atomic E-state index is 0.0342. The van der Waals surface area contributed by atoms with Gasteiger partial charge in [-0.15, -0.1) is 0 Å². The van der Waals surface area contributed by atoms with Crippen LogP contribution in [0.3, 0.4) is 0 Å². The Hall–Kier alpha value is -2.07. The van der Waals surface area contributed by atoms with Crippen molar-refractivity contribution in [3.63, 3.8) is 0 Å². The Morgan fingerprint density at radius 2 is 1.96 bits per heavy atom. The minimum atomic E-state index is -0.901. The van der Waals surface area contributed by atoms with Crippen molar-refractivity contribution in [2.75, 3.05) is 6.54 Å². The van der Waals surface area contributed by atoms with Crippen LogP contribution in [0.15, 0.2) is 28.7 Å². The first-order valence-electron chi connectivity index (χ1n) is 9.63. The SMILES string of the molecule is CC(C)(C)OC(=O)N1CCCC[C@H]1C(=O)N[C@]1(C#N)C[C@@H]1c1ccc(Br)cc1. The Kier molecular flexibility index (Phi) is 5.72. The number of carbonyl (C=O) groups is 2. The van der Waals surface area contributed by atoms with Crippen LogP contribution in [0.2, 0.25) is 0 Å². The summed E-state index contributed by atoms with van der Waals surface area (Å²) in [5.74, 6) is -0.306. The lowest BCUT2D eigenvalue weighted by atomic mass is 10.0. The molecule has 1 heterocycles. The second kappa shape index (κ2) is 7.75. The van der Waals surface area contributed by atoms with Crippen LogP contribution < -0.4 is 5.32 Å². The molecule has 1 aliphatic heterocycles. The van der Waals surface area contributed by atoms with Crippen molar-refractivity contribution in [2.24, 2.45) is 0 Å². The van der Waals surface area contributed by atoms with E-state index >= 15 is 0 Å². The summed E-state index contributed by atoms with van der Waals surface area (Å²) in [6.07, 6.45) is 2.39. The summed E-state index contributed by atoms with van der Waals surface area (Å²) in [6.45, 7) is 5.91. The molecule has 0 radical (unpaired) electrons. The van der Waals surface area contributed by atoms with Gasteiger partial charge in [0.05, 0.1) is 6.07 Å². The molecule has 0 spiro atoms. The number of hydrogen-bond acceptors (Lipinski definition) is 4. The largest absolute Gasteiger partial charge is 0.444 e. The Balaban J connectivity index is 1.70. The van der Waals surface area contributed by atoms with Crippen molar-refractivity contribution in [1.29, 1.82) is 5.26 Å². The first-order valence-corrected chi connectivity index (χ1v) is 10.4. The molecule has 2 amide bonds. The lowest BCUT2D eigenvalue weighted by Crippen LogP contribution is -2.55. The van der Waals surface area contributed by atoms with Gasteiger partial charge < -0.3 is 10.1 Å². The second-order valence-corrected chi connectivity index (χ2v) is 9.48. The van der Waals surface area contributed by atoms with Crippen LogP contribution in [0.1, 0.15) is 57.9 Å². The highest BCUT2D eigenvalue weighted by Crippen LogP contribution is 2.51. The van der Waals surface area contributed by atoms with Crippen molar-refractivity contribution in [1.82, 2.24) is 10.2 Å². The van der Waals surface area contributed by atoms with Crippen LogP contribution in [-0.4, -0.2) is 40.6 Å². The van der Waals surface area contributed by atoms with Crippen molar-refractivity contribution in [2.45, 2.75) is 69.6 Å². The van der Waals surface area contributed by atoms with Gasteiger partial charge in [0.2, 0.25) is 5.91 Å². The molecule has 0 bridgehead atoms. The summed E-state index contributed by atoms with van der Waals surface area (Å²) >= 11 is 3.41.